The lowest BCUT2D eigenvalue weighted by molar-refractivity contribution is 0.0766. The van der Waals surface area contributed by atoms with E-state index >= 15 is 0 Å². The molecule has 2 bridgehead atoms. The Morgan fingerprint density at radius 1 is 1.14 bits per heavy atom. The van der Waals surface area contributed by atoms with Gasteiger partial charge in [0.15, 0.2) is 5.78 Å². The van der Waals surface area contributed by atoms with E-state index in [0.717, 1.165) is 37.0 Å². The Hall–Kier alpha value is -1.35. The van der Waals surface area contributed by atoms with Crippen molar-refractivity contribution in [1.29, 1.82) is 0 Å². The quantitative estimate of drug-likeness (QED) is 0.795. The highest BCUT2D eigenvalue weighted by atomic mass is 16.5. The topological polar surface area (TPSA) is 29.5 Å². The molecule has 0 radical (unpaired) electrons. The van der Waals surface area contributed by atoms with E-state index in [1.54, 1.807) is 0 Å². The maximum absolute atomic E-state index is 12.8. The Morgan fingerprint density at radius 2 is 1.86 bits per heavy atom. The van der Waals surface area contributed by atoms with Crippen LogP contribution in [0.2, 0.25) is 0 Å². The van der Waals surface area contributed by atoms with Crippen LogP contribution >= 0.6 is 0 Å². The fraction of sp³-hybridized carbons (Fsp3) is 0.611. The molecule has 4 rings (SSSR count). The average Bonchev–Trinajstić information content (AvgIpc) is 3.27. The molecule has 2 unspecified atom stereocenters. The number of hydrogen-bond acceptors (Lipinski definition) is 3. The summed E-state index contributed by atoms with van der Waals surface area (Å²) in [6.07, 6.45) is 7.26. The molecule has 21 heavy (non-hydrogen) atoms. The van der Waals surface area contributed by atoms with E-state index < -0.39 is 0 Å². The second-order valence-electron chi connectivity index (χ2n) is 6.93. The minimum Gasteiger partial charge on any atom is -0.490 e. The zero-order valence-electron chi connectivity index (χ0n) is 12.6. The van der Waals surface area contributed by atoms with Crippen LogP contribution in [0.1, 0.15) is 48.9 Å². The molecule has 112 valence electrons. The highest BCUT2D eigenvalue weighted by molar-refractivity contribution is 5.98. The van der Waals surface area contributed by atoms with Crippen LogP contribution in [-0.2, 0) is 0 Å². The number of hydrogen-bond donors (Lipinski definition) is 0. The molecule has 1 aromatic carbocycles. The molecular weight excluding hydrogens is 262 g/mol. The van der Waals surface area contributed by atoms with Gasteiger partial charge in [0.25, 0.3) is 0 Å². The molecule has 3 fully saturated rings. The molecule has 0 spiro atoms. The number of ketones is 1. The zero-order chi connectivity index (χ0) is 14.4. The second kappa shape index (κ2) is 5.13. The minimum atomic E-state index is 0.204. The van der Waals surface area contributed by atoms with Crippen molar-refractivity contribution >= 4 is 5.78 Å². The van der Waals surface area contributed by atoms with E-state index in [4.69, 9.17) is 4.74 Å². The van der Waals surface area contributed by atoms with Gasteiger partial charge in [0.2, 0.25) is 0 Å². The molecule has 2 saturated heterocycles. The zero-order valence-corrected chi connectivity index (χ0v) is 12.6. The van der Waals surface area contributed by atoms with Crippen LogP contribution in [0, 0.1) is 5.92 Å². The van der Waals surface area contributed by atoms with Crippen LogP contribution in [0.4, 0.5) is 0 Å². The van der Waals surface area contributed by atoms with Gasteiger partial charge in [-0.25, -0.2) is 0 Å². The summed E-state index contributed by atoms with van der Waals surface area (Å²) in [5.41, 5.74) is 0.835. The summed E-state index contributed by atoms with van der Waals surface area (Å²) in [5, 5.41) is 0. The van der Waals surface area contributed by atoms with E-state index in [9.17, 15) is 4.79 Å². The number of nitrogens with zero attached hydrogens (tertiary/aromatic N) is 1. The van der Waals surface area contributed by atoms with E-state index in [1.807, 2.05) is 24.3 Å². The predicted molar refractivity (Wildman–Crippen MR) is 81.7 cm³/mol. The average molecular weight is 285 g/mol. The predicted octanol–water partition coefficient (Wildman–Crippen LogP) is 3.28. The van der Waals surface area contributed by atoms with Gasteiger partial charge in [-0.05, 0) is 57.7 Å². The number of carbonyl (C=O) groups is 1. The highest BCUT2D eigenvalue weighted by Crippen LogP contribution is 2.39. The fourth-order valence-electron chi connectivity index (χ4n) is 3.96. The molecule has 1 aromatic rings. The van der Waals surface area contributed by atoms with Crippen molar-refractivity contribution in [3.8, 4) is 5.75 Å². The van der Waals surface area contributed by atoms with E-state index in [1.165, 1.54) is 12.8 Å². The first-order valence-electron chi connectivity index (χ1n) is 8.23. The fourth-order valence-corrected chi connectivity index (χ4v) is 3.96. The third-order valence-electron chi connectivity index (χ3n) is 5.41. The van der Waals surface area contributed by atoms with Crippen molar-refractivity contribution in [2.75, 3.05) is 7.05 Å². The lowest BCUT2D eigenvalue weighted by Gasteiger charge is -2.35. The third kappa shape index (κ3) is 2.59. The summed E-state index contributed by atoms with van der Waals surface area (Å²) in [5.74, 6) is 1.38. The molecular formula is C18H23NO2. The Kier molecular flexibility index (Phi) is 3.26. The van der Waals surface area contributed by atoms with Crippen molar-refractivity contribution < 1.29 is 9.53 Å². The van der Waals surface area contributed by atoms with Gasteiger partial charge in [0.1, 0.15) is 5.75 Å². The van der Waals surface area contributed by atoms with Crippen molar-refractivity contribution in [2.24, 2.45) is 5.92 Å². The molecule has 1 aliphatic carbocycles. The van der Waals surface area contributed by atoms with Gasteiger partial charge < -0.3 is 9.64 Å². The van der Waals surface area contributed by atoms with Gasteiger partial charge in [-0.3, -0.25) is 4.79 Å². The molecule has 0 N–H and O–H groups in total. The largest absolute Gasteiger partial charge is 0.490 e. The van der Waals surface area contributed by atoms with E-state index in [2.05, 4.69) is 11.9 Å². The SMILES string of the molecule is CN1C2CCC1CC(C(=O)c1cccc(OC3CC3)c1)C2. The summed E-state index contributed by atoms with van der Waals surface area (Å²) < 4.78 is 5.81. The number of fused-ring (bicyclic) bond motifs is 2. The molecule has 1 saturated carbocycles. The van der Waals surface area contributed by atoms with Crippen LogP contribution in [0.15, 0.2) is 24.3 Å². The van der Waals surface area contributed by atoms with Crippen molar-refractivity contribution in [2.45, 2.75) is 56.7 Å². The normalized spacial score (nSPS) is 32.1. The number of Topliss-reactive ketones (excluding diaryl/α,β-unsaturated/α-hetero) is 1. The van der Waals surface area contributed by atoms with Gasteiger partial charge in [0.05, 0.1) is 6.10 Å². The number of piperidine rings is 1. The van der Waals surface area contributed by atoms with Gasteiger partial charge in [-0.15, -0.1) is 0 Å². The van der Waals surface area contributed by atoms with Gasteiger partial charge in [0, 0.05) is 23.6 Å². The van der Waals surface area contributed by atoms with Gasteiger partial charge in [-0.1, -0.05) is 12.1 Å². The van der Waals surface area contributed by atoms with E-state index in [-0.39, 0.29) is 5.92 Å². The molecule has 0 amide bonds. The number of ether oxygens (including phenoxy) is 1. The third-order valence-corrected chi connectivity index (χ3v) is 5.41. The van der Waals surface area contributed by atoms with Crippen LogP contribution in [0.5, 0.6) is 5.75 Å². The van der Waals surface area contributed by atoms with Gasteiger partial charge >= 0.3 is 0 Å². The maximum atomic E-state index is 12.8. The Bertz CT molecular complexity index is 538. The second-order valence-corrected chi connectivity index (χ2v) is 6.93. The van der Waals surface area contributed by atoms with Crippen molar-refractivity contribution in [3.63, 3.8) is 0 Å². The summed E-state index contributed by atoms with van der Waals surface area (Å²) in [6, 6.07) is 9.04. The first-order valence-corrected chi connectivity index (χ1v) is 8.23. The first kappa shape index (κ1) is 13.3. The maximum Gasteiger partial charge on any atom is 0.166 e. The Balaban J connectivity index is 1.49. The summed E-state index contributed by atoms with van der Waals surface area (Å²) >= 11 is 0. The number of benzene rings is 1. The Labute approximate surface area is 126 Å². The molecule has 2 aliphatic heterocycles. The van der Waals surface area contributed by atoms with E-state index in [0.29, 0.717) is 24.0 Å². The standard InChI is InChI=1S/C18H23NO2/c1-19-14-5-6-15(19)10-13(9-14)18(20)12-3-2-4-17(11-12)21-16-7-8-16/h2-4,11,13-16H,5-10H2,1H3. The summed E-state index contributed by atoms with van der Waals surface area (Å²) in [4.78, 5) is 15.3. The summed E-state index contributed by atoms with van der Waals surface area (Å²) in [6.45, 7) is 0. The van der Waals surface area contributed by atoms with Crippen molar-refractivity contribution in [3.05, 3.63) is 29.8 Å². The molecule has 2 atom stereocenters. The van der Waals surface area contributed by atoms with Gasteiger partial charge in [-0.2, -0.15) is 0 Å². The highest BCUT2D eigenvalue weighted by Gasteiger charge is 2.41. The minimum absolute atomic E-state index is 0.204. The Morgan fingerprint density at radius 3 is 2.52 bits per heavy atom. The number of rotatable bonds is 4. The molecule has 0 aromatic heterocycles. The lowest BCUT2D eigenvalue weighted by Crippen LogP contribution is -2.42. The lowest BCUT2D eigenvalue weighted by atomic mass is 9.85. The molecule has 3 heteroatoms. The molecule has 3 aliphatic rings. The molecule has 3 nitrogen and oxygen atoms in total. The monoisotopic (exact) mass is 285 g/mol. The summed E-state index contributed by atoms with van der Waals surface area (Å²) in [7, 11) is 2.22. The van der Waals surface area contributed by atoms with Crippen LogP contribution in [0.25, 0.3) is 0 Å². The van der Waals surface area contributed by atoms with Crippen LogP contribution < -0.4 is 4.74 Å². The molecule has 2 heterocycles. The van der Waals surface area contributed by atoms with Crippen molar-refractivity contribution in [1.82, 2.24) is 4.90 Å². The first-order chi connectivity index (χ1) is 10.2. The number of carbonyl (C=O) groups excluding carboxylic acids is 1. The van der Waals surface area contributed by atoms with Crippen LogP contribution in [-0.4, -0.2) is 35.9 Å². The smallest absolute Gasteiger partial charge is 0.166 e. The van der Waals surface area contributed by atoms with Crippen LogP contribution in [0.3, 0.4) is 0 Å².